The van der Waals surface area contributed by atoms with Gasteiger partial charge in [-0.05, 0) is 30.7 Å². The molecule has 2 heteroatoms. The third-order valence-corrected chi connectivity index (χ3v) is 3.07. The third-order valence-electron chi connectivity index (χ3n) is 1.92. The summed E-state index contributed by atoms with van der Waals surface area (Å²) < 4.78 is 0. The van der Waals surface area contributed by atoms with Crippen LogP contribution in [0.3, 0.4) is 0 Å². The summed E-state index contributed by atoms with van der Waals surface area (Å²) in [6.07, 6.45) is 1.05. The lowest BCUT2D eigenvalue weighted by molar-refractivity contribution is 0.387. The monoisotopic (exact) mass is 183 g/mol. The van der Waals surface area contributed by atoms with E-state index in [0.717, 1.165) is 6.42 Å². The molecule has 0 aliphatic heterocycles. The zero-order valence-electron chi connectivity index (χ0n) is 8.00. The predicted molar refractivity (Wildman–Crippen MR) is 55.3 cm³/mol. The highest BCUT2D eigenvalue weighted by Crippen LogP contribution is 2.28. The molecule has 0 saturated carbocycles. The summed E-state index contributed by atoms with van der Waals surface area (Å²) in [5.74, 6) is 0.655. The van der Waals surface area contributed by atoms with Crippen molar-refractivity contribution in [1.29, 1.82) is 0 Å². The van der Waals surface area contributed by atoms with Crippen molar-refractivity contribution in [3.8, 4) is 0 Å². The van der Waals surface area contributed by atoms with Crippen molar-refractivity contribution < 1.29 is 0 Å². The highest BCUT2D eigenvalue weighted by molar-refractivity contribution is 7.10. The van der Waals surface area contributed by atoms with Crippen LogP contribution in [0.1, 0.15) is 32.1 Å². The van der Waals surface area contributed by atoms with Gasteiger partial charge >= 0.3 is 0 Å². The number of hydrogen-bond acceptors (Lipinski definition) is 2. The van der Waals surface area contributed by atoms with E-state index in [0.29, 0.717) is 5.92 Å². The average molecular weight is 183 g/mol. The fraction of sp³-hybridized carbons (Fsp3) is 0.600. The fourth-order valence-corrected chi connectivity index (χ4v) is 2.37. The Morgan fingerprint density at radius 1 is 1.58 bits per heavy atom. The van der Waals surface area contributed by atoms with Gasteiger partial charge in [0.1, 0.15) is 0 Å². The Balaban J connectivity index is 2.72. The van der Waals surface area contributed by atoms with Crippen LogP contribution >= 0.6 is 11.3 Å². The van der Waals surface area contributed by atoms with Gasteiger partial charge in [0.2, 0.25) is 0 Å². The van der Waals surface area contributed by atoms with E-state index in [9.17, 15) is 0 Å². The summed E-state index contributed by atoms with van der Waals surface area (Å²) >= 11 is 1.75. The molecule has 1 aromatic rings. The standard InChI is InChI=1S/C10H17NS/c1-8(2)7-10(3,11)9-5-4-6-12-9/h4-6,8H,7,11H2,1-3H3. The van der Waals surface area contributed by atoms with Crippen molar-refractivity contribution in [2.45, 2.75) is 32.7 Å². The smallest absolute Gasteiger partial charge is 0.0477 e. The highest BCUT2D eigenvalue weighted by Gasteiger charge is 2.22. The van der Waals surface area contributed by atoms with Crippen LogP contribution < -0.4 is 5.73 Å². The summed E-state index contributed by atoms with van der Waals surface area (Å²) in [7, 11) is 0. The lowest BCUT2D eigenvalue weighted by atomic mass is 9.90. The normalized spacial score (nSPS) is 16.4. The minimum atomic E-state index is -0.137. The van der Waals surface area contributed by atoms with Crippen LogP contribution in [0.2, 0.25) is 0 Å². The minimum Gasteiger partial charge on any atom is -0.321 e. The second-order valence-corrected chi connectivity index (χ2v) is 4.94. The lowest BCUT2D eigenvalue weighted by Crippen LogP contribution is -2.33. The molecule has 0 amide bonds. The van der Waals surface area contributed by atoms with Gasteiger partial charge < -0.3 is 5.73 Å². The van der Waals surface area contributed by atoms with Gasteiger partial charge in [-0.25, -0.2) is 0 Å². The van der Waals surface area contributed by atoms with Gasteiger partial charge in [0.05, 0.1) is 0 Å². The Labute approximate surface area is 78.6 Å². The zero-order valence-corrected chi connectivity index (χ0v) is 8.82. The first-order chi connectivity index (χ1) is 5.52. The third kappa shape index (κ3) is 2.32. The van der Waals surface area contributed by atoms with Gasteiger partial charge in [-0.15, -0.1) is 11.3 Å². The van der Waals surface area contributed by atoms with E-state index in [1.54, 1.807) is 11.3 Å². The Kier molecular flexibility index (Phi) is 2.91. The Morgan fingerprint density at radius 3 is 2.67 bits per heavy atom. The summed E-state index contributed by atoms with van der Waals surface area (Å²) in [5, 5.41) is 2.08. The number of nitrogens with two attached hydrogens (primary N) is 1. The van der Waals surface area contributed by atoms with E-state index in [2.05, 4.69) is 38.3 Å². The van der Waals surface area contributed by atoms with E-state index in [1.165, 1.54) is 4.88 Å². The molecule has 0 saturated heterocycles. The molecule has 68 valence electrons. The van der Waals surface area contributed by atoms with Gasteiger partial charge in [-0.3, -0.25) is 0 Å². The van der Waals surface area contributed by atoms with Gasteiger partial charge in [0.15, 0.2) is 0 Å². The van der Waals surface area contributed by atoms with Gasteiger partial charge in [-0.1, -0.05) is 19.9 Å². The molecule has 0 aromatic carbocycles. The summed E-state index contributed by atoms with van der Waals surface area (Å²) in [5.41, 5.74) is 6.06. The fourth-order valence-electron chi connectivity index (χ4n) is 1.55. The number of thiophene rings is 1. The molecule has 1 nitrogen and oxygen atoms in total. The van der Waals surface area contributed by atoms with Crippen LogP contribution in [0.15, 0.2) is 17.5 Å². The lowest BCUT2D eigenvalue weighted by Gasteiger charge is -2.25. The molecule has 1 rings (SSSR count). The Hall–Kier alpha value is -0.340. The van der Waals surface area contributed by atoms with E-state index in [-0.39, 0.29) is 5.54 Å². The topological polar surface area (TPSA) is 26.0 Å². The van der Waals surface area contributed by atoms with Crippen LogP contribution in [-0.4, -0.2) is 0 Å². The van der Waals surface area contributed by atoms with E-state index in [1.807, 2.05) is 0 Å². The molecule has 0 bridgehead atoms. The van der Waals surface area contributed by atoms with Crippen molar-refractivity contribution in [1.82, 2.24) is 0 Å². The molecule has 0 fully saturated rings. The SMILES string of the molecule is CC(C)CC(C)(N)c1cccs1. The van der Waals surface area contributed by atoms with Crippen molar-refractivity contribution in [3.05, 3.63) is 22.4 Å². The molecular formula is C10H17NS. The number of hydrogen-bond donors (Lipinski definition) is 1. The van der Waals surface area contributed by atoms with Gasteiger partial charge in [0, 0.05) is 10.4 Å². The van der Waals surface area contributed by atoms with Crippen LogP contribution in [-0.2, 0) is 5.54 Å². The second kappa shape index (κ2) is 3.58. The maximum atomic E-state index is 6.19. The zero-order chi connectivity index (χ0) is 9.19. The maximum Gasteiger partial charge on any atom is 0.0477 e. The maximum absolute atomic E-state index is 6.19. The van der Waals surface area contributed by atoms with Crippen molar-refractivity contribution in [2.75, 3.05) is 0 Å². The largest absolute Gasteiger partial charge is 0.321 e. The van der Waals surface area contributed by atoms with E-state index < -0.39 is 0 Å². The summed E-state index contributed by atoms with van der Waals surface area (Å²) in [6, 6.07) is 4.18. The minimum absolute atomic E-state index is 0.137. The first-order valence-electron chi connectivity index (χ1n) is 4.35. The molecule has 0 aliphatic carbocycles. The summed E-state index contributed by atoms with van der Waals surface area (Å²) in [6.45, 7) is 6.52. The number of rotatable bonds is 3. The van der Waals surface area contributed by atoms with Crippen LogP contribution in [0.4, 0.5) is 0 Å². The molecule has 12 heavy (non-hydrogen) atoms. The molecule has 1 unspecified atom stereocenters. The molecule has 0 radical (unpaired) electrons. The van der Waals surface area contributed by atoms with Gasteiger partial charge in [0.25, 0.3) is 0 Å². The molecule has 2 N–H and O–H groups in total. The Bertz CT molecular complexity index is 224. The molecular weight excluding hydrogens is 166 g/mol. The quantitative estimate of drug-likeness (QED) is 0.766. The second-order valence-electron chi connectivity index (χ2n) is 3.99. The van der Waals surface area contributed by atoms with Gasteiger partial charge in [-0.2, -0.15) is 0 Å². The van der Waals surface area contributed by atoms with Crippen LogP contribution in [0.25, 0.3) is 0 Å². The summed E-state index contributed by atoms with van der Waals surface area (Å²) in [4.78, 5) is 1.29. The van der Waals surface area contributed by atoms with E-state index >= 15 is 0 Å². The molecule has 0 spiro atoms. The van der Waals surface area contributed by atoms with Crippen molar-refractivity contribution in [3.63, 3.8) is 0 Å². The average Bonchev–Trinajstić information content (AvgIpc) is 2.32. The van der Waals surface area contributed by atoms with Crippen LogP contribution in [0.5, 0.6) is 0 Å². The molecule has 1 heterocycles. The molecule has 1 atom stereocenters. The Morgan fingerprint density at radius 2 is 2.25 bits per heavy atom. The molecule has 0 aliphatic rings. The highest BCUT2D eigenvalue weighted by atomic mass is 32.1. The van der Waals surface area contributed by atoms with E-state index in [4.69, 9.17) is 5.73 Å². The first kappa shape index (κ1) is 9.75. The van der Waals surface area contributed by atoms with Crippen molar-refractivity contribution >= 4 is 11.3 Å². The first-order valence-corrected chi connectivity index (χ1v) is 5.23. The van der Waals surface area contributed by atoms with Crippen molar-refractivity contribution in [2.24, 2.45) is 11.7 Å². The predicted octanol–water partition coefficient (Wildman–Crippen LogP) is 2.97. The van der Waals surface area contributed by atoms with Crippen LogP contribution in [0, 0.1) is 5.92 Å². The molecule has 1 aromatic heterocycles.